The number of nitrogens with zero attached hydrogens (tertiary/aromatic N) is 1. The Hall–Kier alpha value is -1.46. The van der Waals surface area contributed by atoms with Crippen molar-refractivity contribution in [2.75, 3.05) is 6.54 Å². The van der Waals surface area contributed by atoms with Crippen molar-refractivity contribution in [2.24, 2.45) is 11.5 Å². The smallest absolute Gasteiger partial charge is 0.269 e. The van der Waals surface area contributed by atoms with E-state index in [0.29, 0.717) is 6.54 Å². The number of hydrogen-bond donors (Lipinski definition) is 2. The quantitative estimate of drug-likeness (QED) is 0.525. The summed E-state index contributed by atoms with van der Waals surface area (Å²) in [7, 11) is 0. The first-order chi connectivity index (χ1) is 6.15. The Labute approximate surface area is 75.5 Å². The summed E-state index contributed by atoms with van der Waals surface area (Å²) in [5.74, 6) is 0. The van der Waals surface area contributed by atoms with E-state index in [1.807, 2.05) is 0 Å². The van der Waals surface area contributed by atoms with Crippen molar-refractivity contribution in [3.63, 3.8) is 0 Å². The molecular weight excluding hydrogens is 170 g/mol. The van der Waals surface area contributed by atoms with E-state index in [1.165, 1.54) is 12.1 Å². The van der Waals surface area contributed by atoms with Gasteiger partial charge in [0.05, 0.1) is 4.92 Å². The van der Waals surface area contributed by atoms with Gasteiger partial charge in [0.1, 0.15) is 0 Å². The molecule has 0 heterocycles. The molecule has 0 radical (unpaired) electrons. The fourth-order valence-corrected chi connectivity index (χ4v) is 0.979. The molecule has 1 aromatic carbocycles. The molecule has 4 N–H and O–H groups in total. The van der Waals surface area contributed by atoms with Gasteiger partial charge in [-0.3, -0.25) is 10.1 Å². The molecule has 0 saturated carbocycles. The number of non-ortho nitro benzene ring substituents is 1. The van der Waals surface area contributed by atoms with Gasteiger partial charge in [-0.15, -0.1) is 0 Å². The van der Waals surface area contributed by atoms with Gasteiger partial charge in [-0.2, -0.15) is 0 Å². The second-order valence-corrected chi connectivity index (χ2v) is 2.69. The lowest BCUT2D eigenvalue weighted by atomic mass is 10.1. The van der Waals surface area contributed by atoms with Gasteiger partial charge in [-0.05, 0) is 5.56 Å². The number of nitro benzene ring substituents is 1. The van der Waals surface area contributed by atoms with E-state index in [1.54, 1.807) is 12.1 Å². The zero-order valence-corrected chi connectivity index (χ0v) is 7.01. The molecule has 0 aliphatic heterocycles. The van der Waals surface area contributed by atoms with E-state index in [2.05, 4.69) is 0 Å². The zero-order chi connectivity index (χ0) is 9.84. The van der Waals surface area contributed by atoms with Crippen molar-refractivity contribution >= 4 is 5.69 Å². The van der Waals surface area contributed by atoms with Crippen molar-refractivity contribution in [1.82, 2.24) is 0 Å². The predicted molar refractivity (Wildman–Crippen MR) is 49.1 cm³/mol. The van der Waals surface area contributed by atoms with Crippen LogP contribution in [0.4, 0.5) is 5.69 Å². The van der Waals surface area contributed by atoms with Crippen molar-refractivity contribution in [2.45, 2.75) is 6.04 Å². The van der Waals surface area contributed by atoms with Gasteiger partial charge >= 0.3 is 0 Å². The number of rotatable bonds is 3. The van der Waals surface area contributed by atoms with Crippen LogP contribution in [0.3, 0.4) is 0 Å². The fraction of sp³-hybridized carbons (Fsp3) is 0.250. The normalized spacial score (nSPS) is 12.5. The van der Waals surface area contributed by atoms with E-state index in [4.69, 9.17) is 11.5 Å². The van der Waals surface area contributed by atoms with E-state index in [9.17, 15) is 10.1 Å². The Kier molecular flexibility index (Phi) is 2.94. The van der Waals surface area contributed by atoms with Gasteiger partial charge in [-0.25, -0.2) is 0 Å². The van der Waals surface area contributed by atoms with Crippen molar-refractivity contribution in [3.8, 4) is 0 Å². The first kappa shape index (κ1) is 9.63. The third-order valence-electron chi connectivity index (χ3n) is 1.79. The molecule has 13 heavy (non-hydrogen) atoms. The molecule has 1 rings (SSSR count). The summed E-state index contributed by atoms with van der Waals surface area (Å²) < 4.78 is 0. The molecule has 0 unspecified atom stereocenters. The number of hydrogen-bond acceptors (Lipinski definition) is 4. The molecule has 5 heteroatoms. The maximum atomic E-state index is 10.3. The summed E-state index contributed by atoms with van der Waals surface area (Å²) in [5, 5.41) is 10.3. The number of nitrogens with two attached hydrogens (primary N) is 2. The predicted octanol–water partition coefficient (Wildman–Crippen LogP) is 0.553. The molecule has 0 spiro atoms. The summed E-state index contributed by atoms with van der Waals surface area (Å²) in [6.45, 7) is 0.331. The van der Waals surface area contributed by atoms with Gasteiger partial charge in [-0.1, -0.05) is 12.1 Å². The lowest BCUT2D eigenvalue weighted by molar-refractivity contribution is -0.384. The third-order valence-corrected chi connectivity index (χ3v) is 1.79. The number of benzene rings is 1. The summed E-state index contributed by atoms with van der Waals surface area (Å²) in [4.78, 5) is 9.85. The Morgan fingerprint density at radius 1 is 1.38 bits per heavy atom. The average molecular weight is 181 g/mol. The first-order valence-electron chi connectivity index (χ1n) is 3.85. The van der Waals surface area contributed by atoms with Gasteiger partial charge in [0.2, 0.25) is 0 Å². The van der Waals surface area contributed by atoms with Gasteiger partial charge in [0.25, 0.3) is 5.69 Å². The van der Waals surface area contributed by atoms with Crippen molar-refractivity contribution in [3.05, 3.63) is 39.9 Å². The Bertz CT molecular complexity index is 297. The fourth-order valence-electron chi connectivity index (χ4n) is 0.979. The molecule has 0 aliphatic rings. The summed E-state index contributed by atoms with van der Waals surface area (Å²) in [5.41, 5.74) is 11.8. The molecule has 0 amide bonds. The Balaban J connectivity index is 2.87. The summed E-state index contributed by atoms with van der Waals surface area (Å²) in [6.07, 6.45) is 0. The molecule has 5 nitrogen and oxygen atoms in total. The minimum absolute atomic E-state index is 0.0629. The van der Waals surface area contributed by atoms with Crippen molar-refractivity contribution < 1.29 is 4.92 Å². The van der Waals surface area contributed by atoms with Crippen LogP contribution in [0, 0.1) is 10.1 Å². The standard InChI is InChI=1S/C8H11N3O2/c9-5-8(10)6-1-3-7(4-2-6)11(12)13/h1-4,8H,5,9-10H2/t8-/m0/s1. The molecule has 0 aromatic heterocycles. The Morgan fingerprint density at radius 3 is 2.31 bits per heavy atom. The molecule has 70 valence electrons. The summed E-state index contributed by atoms with van der Waals surface area (Å²) >= 11 is 0. The van der Waals surface area contributed by atoms with Crippen LogP contribution < -0.4 is 11.5 Å². The van der Waals surface area contributed by atoms with Crippen LogP contribution in [-0.4, -0.2) is 11.5 Å². The van der Waals surface area contributed by atoms with Crippen LogP contribution >= 0.6 is 0 Å². The lowest BCUT2D eigenvalue weighted by Gasteiger charge is -2.07. The van der Waals surface area contributed by atoms with E-state index in [-0.39, 0.29) is 11.7 Å². The van der Waals surface area contributed by atoms with Gasteiger partial charge in [0, 0.05) is 24.7 Å². The van der Waals surface area contributed by atoms with E-state index < -0.39 is 4.92 Å². The minimum Gasteiger partial charge on any atom is -0.329 e. The van der Waals surface area contributed by atoms with Crippen LogP contribution in [0.15, 0.2) is 24.3 Å². The highest BCUT2D eigenvalue weighted by atomic mass is 16.6. The lowest BCUT2D eigenvalue weighted by Crippen LogP contribution is -2.20. The minimum atomic E-state index is -0.447. The highest BCUT2D eigenvalue weighted by Crippen LogP contribution is 2.15. The Morgan fingerprint density at radius 2 is 1.92 bits per heavy atom. The van der Waals surface area contributed by atoms with Crippen LogP contribution in [-0.2, 0) is 0 Å². The maximum absolute atomic E-state index is 10.3. The van der Waals surface area contributed by atoms with Gasteiger partial charge in [0.15, 0.2) is 0 Å². The van der Waals surface area contributed by atoms with Crippen LogP contribution in [0.2, 0.25) is 0 Å². The third kappa shape index (κ3) is 2.24. The number of nitro groups is 1. The highest BCUT2D eigenvalue weighted by molar-refractivity contribution is 5.34. The first-order valence-corrected chi connectivity index (χ1v) is 3.85. The molecule has 0 aliphatic carbocycles. The largest absolute Gasteiger partial charge is 0.329 e. The highest BCUT2D eigenvalue weighted by Gasteiger charge is 2.07. The van der Waals surface area contributed by atoms with E-state index in [0.717, 1.165) is 5.56 Å². The monoisotopic (exact) mass is 181 g/mol. The van der Waals surface area contributed by atoms with Crippen molar-refractivity contribution in [1.29, 1.82) is 0 Å². The maximum Gasteiger partial charge on any atom is 0.269 e. The molecule has 0 saturated heterocycles. The SMILES string of the molecule is NC[C@H](N)c1ccc([N+](=O)[O-])cc1. The zero-order valence-electron chi connectivity index (χ0n) is 7.01. The average Bonchev–Trinajstić information content (AvgIpc) is 2.17. The second kappa shape index (κ2) is 3.97. The van der Waals surface area contributed by atoms with Crippen LogP contribution in [0.5, 0.6) is 0 Å². The van der Waals surface area contributed by atoms with Crippen LogP contribution in [0.1, 0.15) is 11.6 Å². The topological polar surface area (TPSA) is 95.2 Å². The molecule has 0 fully saturated rings. The molecule has 1 atom stereocenters. The molecular formula is C8H11N3O2. The second-order valence-electron chi connectivity index (χ2n) is 2.69. The molecule has 0 bridgehead atoms. The van der Waals surface area contributed by atoms with Crippen LogP contribution in [0.25, 0.3) is 0 Å². The van der Waals surface area contributed by atoms with Gasteiger partial charge < -0.3 is 11.5 Å². The molecule has 1 aromatic rings. The summed E-state index contributed by atoms with van der Waals surface area (Å²) in [6, 6.07) is 5.84. The van der Waals surface area contributed by atoms with E-state index >= 15 is 0 Å².